The number of amides is 4. The fourth-order valence-corrected chi connectivity index (χ4v) is 6.60. The van der Waals surface area contributed by atoms with Crippen LogP contribution >= 0.6 is 0 Å². The van der Waals surface area contributed by atoms with Crippen LogP contribution in [-0.4, -0.2) is 23.6 Å². The molecular formula is C18H22N4O4. The van der Waals surface area contributed by atoms with Crippen molar-refractivity contribution in [3.8, 4) is 0 Å². The van der Waals surface area contributed by atoms with Crippen molar-refractivity contribution in [3.05, 3.63) is 23.3 Å². The van der Waals surface area contributed by atoms with Crippen LogP contribution in [0.2, 0.25) is 0 Å². The van der Waals surface area contributed by atoms with Crippen molar-refractivity contribution in [3.63, 3.8) is 0 Å². The van der Waals surface area contributed by atoms with Gasteiger partial charge < -0.3 is 22.9 Å². The molecule has 0 saturated heterocycles. The van der Waals surface area contributed by atoms with E-state index in [1.807, 2.05) is 12.2 Å². The van der Waals surface area contributed by atoms with E-state index in [1.54, 1.807) is 0 Å². The second kappa shape index (κ2) is 4.96. The van der Waals surface area contributed by atoms with Gasteiger partial charge in [0.05, 0.1) is 23.7 Å². The minimum absolute atomic E-state index is 0.463. The molecule has 2 fully saturated rings. The molecule has 4 bridgehead atoms. The van der Waals surface area contributed by atoms with E-state index in [4.69, 9.17) is 22.9 Å². The summed E-state index contributed by atoms with van der Waals surface area (Å²) in [6, 6.07) is 0. The van der Waals surface area contributed by atoms with Crippen LogP contribution in [0.25, 0.3) is 0 Å². The number of allylic oxidation sites excluding steroid dienone is 2. The van der Waals surface area contributed by atoms with Crippen LogP contribution in [0.15, 0.2) is 23.3 Å². The SMILES string of the molecule is NC(=O)C1C2=CCC(C34CC=C(C3)C(C(N)=O)C4C(N)=O)(C2)C1C(N)=O. The van der Waals surface area contributed by atoms with Gasteiger partial charge in [0.25, 0.3) is 0 Å². The second-order valence-corrected chi connectivity index (χ2v) is 8.15. The molecule has 0 heterocycles. The molecule has 8 N–H and O–H groups in total. The van der Waals surface area contributed by atoms with Gasteiger partial charge in [-0.2, -0.15) is 0 Å². The number of hydrogen-bond acceptors (Lipinski definition) is 4. The summed E-state index contributed by atoms with van der Waals surface area (Å²) in [5.74, 6) is -5.53. The maximum atomic E-state index is 12.4. The van der Waals surface area contributed by atoms with Gasteiger partial charge in [-0.1, -0.05) is 23.3 Å². The monoisotopic (exact) mass is 358 g/mol. The van der Waals surface area contributed by atoms with Crippen LogP contribution in [0.5, 0.6) is 0 Å². The van der Waals surface area contributed by atoms with Gasteiger partial charge >= 0.3 is 0 Å². The number of carbonyl (C=O) groups excluding carboxylic acids is 4. The zero-order chi connectivity index (χ0) is 19.0. The van der Waals surface area contributed by atoms with Gasteiger partial charge in [0, 0.05) is 0 Å². The van der Waals surface area contributed by atoms with E-state index in [9.17, 15) is 19.2 Å². The van der Waals surface area contributed by atoms with Crippen molar-refractivity contribution in [2.45, 2.75) is 25.7 Å². The van der Waals surface area contributed by atoms with Gasteiger partial charge in [-0.05, 0) is 36.5 Å². The number of rotatable bonds is 5. The molecule has 138 valence electrons. The number of hydrogen-bond donors (Lipinski definition) is 4. The zero-order valence-corrected chi connectivity index (χ0v) is 14.2. The predicted octanol–water partition coefficient (Wildman–Crippen LogP) is -1.17. The van der Waals surface area contributed by atoms with Gasteiger partial charge in [0.15, 0.2) is 0 Å². The van der Waals surface area contributed by atoms with E-state index < -0.39 is 58.1 Å². The van der Waals surface area contributed by atoms with Gasteiger partial charge in [0.2, 0.25) is 23.6 Å². The number of carbonyl (C=O) groups is 4. The maximum Gasteiger partial charge on any atom is 0.225 e. The Balaban J connectivity index is 1.89. The van der Waals surface area contributed by atoms with Crippen LogP contribution < -0.4 is 22.9 Å². The van der Waals surface area contributed by atoms with Gasteiger partial charge in [-0.15, -0.1) is 0 Å². The minimum atomic E-state index is -0.804. The molecule has 2 saturated carbocycles. The number of primary amides is 4. The molecule has 0 aromatic carbocycles. The normalized spacial score (nSPS) is 42.5. The van der Waals surface area contributed by atoms with E-state index in [0.29, 0.717) is 25.7 Å². The Hall–Kier alpha value is -2.64. The molecule has 4 amide bonds. The fraction of sp³-hybridized carbons (Fsp3) is 0.556. The van der Waals surface area contributed by atoms with E-state index in [2.05, 4.69) is 0 Å². The average Bonchev–Trinajstić information content (AvgIpc) is 3.29. The lowest BCUT2D eigenvalue weighted by Crippen LogP contribution is -2.56. The molecule has 0 aromatic heterocycles. The summed E-state index contributed by atoms with van der Waals surface area (Å²) in [5.41, 5.74) is 22.7. The Bertz CT molecular complexity index is 763. The molecule has 6 atom stereocenters. The molecule has 4 rings (SSSR count). The average molecular weight is 358 g/mol. The molecule has 0 radical (unpaired) electrons. The Morgan fingerprint density at radius 3 is 1.31 bits per heavy atom. The first-order chi connectivity index (χ1) is 12.2. The Morgan fingerprint density at radius 2 is 1.04 bits per heavy atom. The molecule has 8 heteroatoms. The van der Waals surface area contributed by atoms with Gasteiger partial charge in [0.1, 0.15) is 0 Å². The van der Waals surface area contributed by atoms with Crippen molar-refractivity contribution >= 4 is 23.6 Å². The standard InChI is InChI=1S/C18H22N4O4/c19-13(23)9-7-1-3-17(5-7,11(9)15(21)25)18-4-2-8(6-18)10(14(20)24)12(18)16(22)26/h1-2,9-12H,3-6H2,(H2,19,23)(H2,20,24)(H2,21,25)(H2,22,26). The molecule has 0 aromatic rings. The van der Waals surface area contributed by atoms with Crippen molar-refractivity contribution in [2.75, 3.05) is 0 Å². The first-order valence-corrected chi connectivity index (χ1v) is 8.71. The van der Waals surface area contributed by atoms with Crippen molar-refractivity contribution < 1.29 is 19.2 Å². The topological polar surface area (TPSA) is 172 Å². The number of nitrogens with two attached hydrogens (primary N) is 4. The molecule has 8 nitrogen and oxygen atoms in total. The minimum Gasteiger partial charge on any atom is -0.369 e. The molecule has 4 aliphatic carbocycles. The second-order valence-electron chi connectivity index (χ2n) is 8.15. The predicted molar refractivity (Wildman–Crippen MR) is 90.2 cm³/mol. The highest BCUT2D eigenvalue weighted by Crippen LogP contribution is 2.75. The zero-order valence-electron chi connectivity index (χ0n) is 14.2. The van der Waals surface area contributed by atoms with Crippen LogP contribution in [-0.2, 0) is 19.2 Å². The summed E-state index contributed by atoms with van der Waals surface area (Å²) >= 11 is 0. The van der Waals surface area contributed by atoms with Crippen LogP contribution in [0.1, 0.15) is 25.7 Å². The van der Waals surface area contributed by atoms with Gasteiger partial charge in [-0.25, -0.2) is 0 Å². The molecule has 4 aliphatic rings. The van der Waals surface area contributed by atoms with Crippen molar-refractivity contribution in [1.82, 2.24) is 0 Å². The molecule has 0 aliphatic heterocycles. The van der Waals surface area contributed by atoms with Crippen molar-refractivity contribution in [1.29, 1.82) is 0 Å². The summed E-state index contributed by atoms with van der Waals surface area (Å²) in [6.07, 6.45) is 5.80. The summed E-state index contributed by atoms with van der Waals surface area (Å²) < 4.78 is 0. The number of fused-ring (bicyclic) bond motifs is 5. The highest BCUT2D eigenvalue weighted by atomic mass is 16.2. The molecular weight excluding hydrogens is 336 g/mol. The summed E-state index contributed by atoms with van der Waals surface area (Å²) in [4.78, 5) is 48.9. The third kappa shape index (κ3) is 1.69. The maximum absolute atomic E-state index is 12.4. The highest BCUT2D eigenvalue weighted by molar-refractivity contribution is 5.93. The van der Waals surface area contributed by atoms with Crippen LogP contribution in [0.4, 0.5) is 0 Å². The van der Waals surface area contributed by atoms with Crippen LogP contribution in [0.3, 0.4) is 0 Å². The lowest BCUT2D eigenvalue weighted by atomic mass is 9.50. The third-order valence-electron chi connectivity index (χ3n) is 7.37. The summed E-state index contributed by atoms with van der Waals surface area (Å²) in [5, 5.41) is 0. The Kier molecular flexibility index (Phi) is 3.21. The van der Waals surface area contributed by atoms with E-state index in [0.717, 1.165) is 11.1 Å². The molecule has 0 spiro atoms. The van der Waals surface area contributed by atoms with Crippen molar-refractivity contribution in [2.24, 2.45) is 57.4 Å². The van der Waals surface area contributed by atoms with E-state index in [-0.39, 0.29) is 0 Å². The summed E-state index contributed by atoms with van der Waals surface area (Å²) in [7, 11) is 0. The lowest BCUT2D eigenvalue weighted by Gasteiger charge is -2.51. The quantitative estimate of drug-likeness (QED) is 0.454. The first-order valence-electron chi connectivity index (χ1n) is 8.71. The first kappa shape index (κ1) is 16.8. The van der Waals surface area contributed by atoms with Gasteiger partial charge in [-0.3, -0.25) is 19.2 Å². The Morgan fingerprint density at radius 1 is 0.692 bits per heavy atom. The molecule has 26 heavy (non-hydrogen) atoms. The third-order valence-corrected chi connectivity index (χ3v) is 7.37. The van der Waals surface area contributed by atoms with E-state index in [1.165, 1.54) is 0 Å². The smallest absolute Gasteiger partial charge is 0.225 e. The Labute approximate surface area is 150 Å². The van der Waals surface area contributed by atoms with Crippen LogP contribution in [0, 0.1) is 34.5 Å². The van der Waals surface area contributed by atoms with E-state index >= 15 is 0 Å². The summed E-state index contributed by atoms with van der Waals surface area (Å²) in [6.45, 7) is 0. The fourth-order valence-electron chi connectivity index (χ4n) is 6.60. The largest absolute Gasteiger partial charge is 0.369 e. The molecule has 6 unspecified atom stereocenters. The lowest BCUT2D eigenvalue weighted by molar-refractivity contribution is -0.147. The highest BCUT2D eigenvalue weighted by Gasteiger charge is 2.73.